The van der Waals surface area contributed by atoms with Crippen molar-refractivity contribution >= 4 is 5.91 Å². The number of carbonyl (C=O) groups is 1. The van der Waals surface area contributed by atoms with E-state index in [1.165, 1.54) is 0 Å². The number of rotatable bonds is 2. The average molecular weight is 170 g/mol. The molecule has 1 saturated heterocycles. The lowest BCUT2D eigenvalue weighted by Crippen LogP contribution is -2.41. The molecule has 0 spiro atoms. The summed E-state index contributed by atoms with van der Waals surface area (Å²) in [5.41, 5.74) is 5.22. The molecule has 2 rings (SSSR count). The van der Waals surface area contributed by atoms with E-state index in [1.54, 1.807) is 0 Å². The lowest BCUT2D eigenvalue weighted by molar-refractivity contribution is -0.122. The molecule has 1 heterocycles. The lowest BCUT2D eigenvalue weighted by atomic mass is 10.2. The fraction of sp³-hybridized carbons (Fsp3) is 0.875. The molecule has 1 saturated carbocycles. The zero-order valence-corrected chi connectivity index (χ0v) is 6.94. The monoisotopic (exact) mass is 170 g/mol. The number of aliphatic hydroxyl groups is 1. The molecule has 0 aromatic rings. The Hall–Kier alpha value is -0.610. The number of hydrogen-bond acceptors (Lipinski definition) is 3. The minimum Gasteiger partial charge on any atom is -0.392 e. The first-order valence-corrected chi connectivity index (χ1v) is 4.41. The molecule has 2 atom stereocenters. The molecule has 4 heteroatoms. The SMILES string of the molecule is NC(=O)[C@H]1C[C@@H](O)CN1C1CC1. The van der Waals surface area contributed by atoms with Crippen molar-refractivity contribution in [1.82, 2.24) is 4.90 Å². The van der Waals surface area contributed by atoms with Crippen molar-refractivity contribution in [2.45, 2.75) is 37.5 Å². The molecule has 1 amide bonds. The molecule has 68 valence electrons. The highest BCUT2D eigenvalue weighted by Crippen LogP contribution is 2.33. The van der Waals surface area contributed by atoms with Gasteiger partial charge in [-0.3, -0.25) is 9.69 Å². The molecule has 1 aliphatic heterocycles. The highest BCUT2D eigenvalue weighted by Gasteiger charge is 2.42. The van der Waals surface area contributed by atoms with Crippen molar-refractivity contribution in [3.63, 3.8) is 0 Å². The number of primary amides is 1. The minimum absolute atomic E-state index is 0.215. The maximum atomic E-state index is 11.0. The van der Waals surface area contributed by atoms with Gasteiger partial charge in [0, 0.05) is 12.6 Å². The minimum atomic E-state index is -0.358. The van der Waals surface area contributed by atoms with Gasteiger partial charge in [0.25, 0.3) is 0 Å². The molecule has 0 bridgehead atoms. The third kappa shape index (κ3) is 1.32. The average Bonchev–Trinajstić information content (AvgIpc) is 2.75. The highest BCUT2D eigenvalue weighted by atomic mass is 16.3. The van der Waals surface area contributed by atoms with E-state index in [9.17, 15) is 9.90 Å². The van der Waals surface area contributed by atoms with E-state index >= 15 is 0 Å². The molecule has 2 fully saturated rings. The van der Waals surface area contributed by atoms with Gasteiger partial charge in [0.05, 0.1) is 12.1 Å². The number of likely N-dealkylation sites (tertiary alicyclic amines) is 1. The van der Waals surface area contributed by atoms with Crippen LogP contribution < -0.4 is 5.73 Å². The summed E-state index contributed by atoms with van der Waals surface area (Å²) < 4.78 is 0. The van der Waals surface area contributed by atoms with Crippen LogP contribution in [0, 0.1) is 0 Å². The van der Waals surface area contributed by atoms with Crippen LogP contribution in [0.15, 0.2) is 0 Å². The van der Waals surface area contributed by atoms with Crippen molar-refractivity contribution in [2.24, 2.45) is 5.73 Å². The number of carbonyl (C=O) groups excluding carboxylic acids is 1. The largest absolute Gasteiger partial charge is 0.392 e. The molecule has 12 heavy (non-hydrogen) atoms. The van der Waals surface area contributed by atoms with Gasteiger partial charge >= 0.3 is 0 Å². The topological polar surface area (TPSA) is 66.6 Å². The summed E-state index contributed by atoms with van der Waals surface area (Å²) in [7, 11) is 0. The van der Waals surface area contributed by atoms with Crippen LogP contribution in [0.5, 0.6) is 0 Å². The predicted octanol–water partition coefficient (Wildman–Crippen LogP) is -0.931. The van der Waals surface area contributed by atoms with Gasteiger partial charge in [-0.25, -0.2) is 0 Å². The zero-order valence-electron chi connectivity index (χ0n) is 6.94. The third-order valence-corrected chi connectivity index (χ3v) is 2.66. The summed E-state index contributed by atoms with van der Waals surface area (Å²) in [4.78, 5) is 13.0. The third-order valence-electron chi connectivity index (χ3n) is 2.66. The van der Waals surface area contributed by atoms with Gasteiger partial charge < -0.3 is 10.8 Å². The molecule has 0 unspecified atom stereocenters. The molecule has 1 aliphatic carbocycles. The molecule has 0 aromatic carbocycles. The molecule has 3 N–H and O–H groups in total. The van der Waals surface area contributed by atoms with E-state index in [1.807, 2.05) is 4.90 Å². The summed E-state index contributed by atoms with van der Waals surface area (Å²) in [6.45, 7) is 0.623. The van der Waals surface area contributed by atoms with Crippen molar-refractivity contribution in [1.29, 1.82) is 0 Å². The van der Waals surface area contributed by atoms with Crippen LogP contribution in [0.3, 0.4) is 0 Å². The van der Waals surface area contributed by atoms with E-state index < -0.39 is 0 Å². The number of amides is 1. The Balaban J connectivity index is 2.04. The second kappa shape index (κ2) is 2.71. The smallest absolute Gasteiger partial charge is 0.234 e. The van der Waals surface area contributed by atoms with Gasteiger partial charge in [-0.05, 0) is 19.3 Å². The predicted molar refractivity (Wildman–Crippen MR) is 43.3 cm³/mol. The van der Waals surface area contributed by atoms with Crippen molar-refractivity contribution in [3.05, 3.63) is 0 Å². The van der Waals surface area contributed by atoms with E-state index in [4.69, 9.17) is 5.73 Å². The van der Waals surface area contributed by atoms with E-state index in [2.05, 4.69) is 0 Å². The Labute approximate surface area is 71.3 Å². The second-order valence-corrected chi connectivity index (χ2v) is 3.74. The Morgan fingerprint density at radius 1 is 1.50 bits per heavy atom. The van der Waals surface area contributed by atoms with Crippen molar-refractivity contribution < 1.29 is 9.90 Å². The molecule has 0 aromatic heterocycles. The maximum Gasteiger partial charge on any atom is 0.234 e. The zero-order chi connectivity index (χ0) is 8.72. The summed E-state index contributed by atoms with van der Waals surface area (Å²) in [5, 5.41) is 9.35. The van der Waals surface area contributed by atoms with E-state index in [0.717, 1.165) is 12.8 Å². The fourth-order valence-electron chi connectivity index (χ4n) is 1.93. The highest BCUT2D eigenvalue weighted by molar-refractivity contribution is 5.80. The fourth-order valence-corrected chi connectivity index (χ4v) is 1.93. The van der Waals surface area contributed by atoms with Gasteiger partial charge in [-0.15, -0.1) is 0 Å². The Bertz CT molecular complexity index is 203. The normalized spacial score (nSPS) is 37.1. The number of β-amino-alcohol motifs (C(OH)–C–C–N with tert-alkyl or cyclic N) is 1. The van der Waals surface area contributed by atoms with Crippen LogP contribution in [-0.4, -0.2) is 40.6 Å². The number of hydrogen-bond donors (Lipinski definition) is 2. The van der Waals surface area contributed by atoms with Gasteiger partial charge in [0.2, 0.25) is 5.91 Å². The quantitative estimate of drug-likeness (QED) is 0.562. The van der Waals surface area contributed by atoms with Gasteiger partial charge in [0.1, 0.15) is 0 Å². The molecular weight excluding hydrogens is 156 g/mol. The summed E-state index contributed by atoms with van der Waals surface area (Å²) >= 11 is 0. The van der Waals surface area contributed by atoms with Crippen LogP contribution in [0.25, 0.3) is 0 Å². The van der Waals surface area contributed by atoms with E-state index in [0.29, 0.717) is 19.0 Å². The first kappa shape index (κ1) is 8.01. The van der Waals surface area contributed by atoms with Gasteiger partial charge in [-0.2, -0.15) is 0 Å². The maximum absolute atomic E-state index is 11.0. The van der Waals surface area contributed by atoms with Crippen LogP contribution in [0.4, 0.5) is 0 Å². The van der Waals surface area contributed by atoms with Crippen LogP contribution in [0.1, 0.15) is 19.3 Å². The van der Waals surface area contributed by atoms with Crippen molar-refractivity contribution in [3.8, 4) is 0 Å². The first-order chi connectivity index (χ1) is 5.68. The summed E-state index contributed by atoms with van der Waals surface area (Å²) in [5.74, 6) is -0.293. The summed E-state index contributed by atoms with van der Waals surface area (Å²) in [6, 6.07) is 0.298. The van der Waals surface area contributed by atoms with Gasteiger partial charge in [0.15, 0.2) is 0 Å². The first-order valence-electron chi connectivity index (χ1n) is 4.41. The summed E-state index contributed by atoms with van der Waals surface area (Å²) in [6.07, 6.45) is 2.46. The molecule has 4 nitrogen and oxygen atoms in total. The van der Waals surface area contributed by atoms with Gasteiger partial charge in [-0.1, -0.05) is 0 Å². The number of aliphatic hydroxyl groups excluding tert-OH is 1. The van der Waals surface area contributed by atoms with Crippen LogP contribution >= 0.6 is 0 Å². The lowest BCUT2D eigenvalue weighted by Gasteiger charge is -2.20. The van der Waals surface area contributed by atoms with Crippen molar-refractivity contribution in [2.75, 3.05) is 6.54 Å². The van der Waals surface area contributed by atoms with Crippen LogP contribution in [0.2, 0.25) is 0 Å². The number of nitrogens with zero attached hydrogens (tertiary/aromatic N) is 1. The second-order valence-electron chi connectivity index (χ2n) is 3.74. The number of nitrogens with two attached hydrogens (primary N) is 1. The molecular formula is C8H14N2O2. The van der Waals surface area contributed by atoms with Crippen LogP contribution in [-0.2, 0) is 4.79 Å². The molecule has 0 radical (unpaired) electrons. The standard InChI is InChI=1S/C8H14N2O2/c9-8(12)7-3-6(11)4-10(7)5-1-2-5/h5-7,11H,1-4H2,(H2,9,12)/t6-,7-/m1/s1. The van der Waals surface area contributed by atoms with E-state index in [-0.39, 0.29) is 18.1 Å². The Morgan fingerprint density at radius 3 is 2.67 bits per heavy atom. The Morgan fingerprint density at radius 2 is 2.17 bits per heavy atom. The Kier molecular flexibility index (Phi) is 1.81. The molecule has 2 aliphatic rings.